The number of ketones is 2. The van der Waals surface area contributed by atoms with Gasteiger partial charge in [0.25, 0.3) is 0 Å². The molecular weight excluding hydrogens is 439 g/mol. The molecular formula is C24H24Cl2O5. The number of benzene rings is 1. The van der Waals surface area contributed by atoms with Crippen molar-refractivity contribution in [1.29, 1.82) is 0 Å². The Bertz CT molecular complexity index is 1100. The highest BCUT2D eigenvalue weighted by Gasteiger charge is 2.70. The number of halogens is 2. The van der Waals surface area contributed by atoms with Crippen LogP contribution in [0, 0.1) is 0 Å². The first-order valence-electron chi connectivity index (χ1n) is 10.5. The van der Waals surface area contributed by atoms with Crippen molar-refractivity contribution in [2.75, 3.05) is 6.61 Å². The van der Waals surface area contributed by atoms with Crippen molar-refractivity contribution in [3.05, 3.63) is 46.1 Å². The number of phenolic OH excluding ortho intramolecular Hbond substituents is 1. The lowest BCUT2D eigenvalue weighted by atomic mass is 9.63. The van der Waals surface area contributed by atoms with Crippen LogP contribution in [-0.4, -0.2) is 44.7 Å². The van der Waals surface area contributed by atoms with E-state index in [9.17, 15) is 14.7 Å². The van der Waals surface area contributed by atoms with Gasteiger partial charge in [0.15, 0.2) is 17.2 Å². The van der Waals surface area contributed by atoms with Crippen molar-refractivity contribution in [2.24, 2.45) is 0 Å². The highest BCUT2D eigenvalue weighted by Crippen LogP contribution is 2.57. The molecule has 1 N–H and O–H groups in total. The zero-order chi connectivity index (χ0) is 22.3. The van der Waals surface area contributed by atoms with Crippen LogP contribution in [0.3, 0.4) is 0 Å². The van der Waals surface area contributed by atoms with E-state index in [-0.39, 0.29) is 29.7 Å². The van der Waals surface area contributed by atoms with Gasteiger partial charge in [-0.05, 0) is 45.3 Å². The molecule has 1 spiro atoms. The Morgan fingerprint density at radius 1 is 1.19 bits per heavy atom. The average Bonchev–Trinajstić information content (AvgIpc) is 2.73. The number of rotatable bonds is 0. The number of Topliss-reactive ketones (excluding diaryl/α,β-unsaturated/α-hetero) is 2. The maximum atomic E-state index is 14.1. The topological polar surface area (TPSA) is 72.8 Å². The fourth-order valence-corrected chi connectivity index (χ4v) is 5.95. The molecule has 8 rings (SSSR count). The van der Waals surface area contributed by atoms with Crippen LogP contribution in [0.15, 0.2) is 29.4 Å². The number of hydrogen-bond acceptors (Lipinski definition) is 5. The van der Waals surface area contributed by atoms with Crippen molar-refractivity contribution in [3.63, 3.8) is 0 Å². The quantitative estimate of drug-likeness (QED) is 0.438. The van der Waals surface area contributed by atoms with Gasteiger partial charge in [0.1, 0.15) is 23.0 Å². The van der Waals surface area contributed by atoms with Gasteiger partial charge in [-0.25, -0.2) is 0 Å². The number of phenols is 1. The summed E-state index contributed by atoms with van der Waals surface area (Å²) < 4.78 is 12.3. The zero-order valence-electron chi connectivity index (χ0n) is 17.7. The van der Waals surface area contributed by atoms with E-state index in [4.69, 9.17) is 32.7 Å². The fraction of sp³-hybridized carbons (Fsp3) is 0.500. The first kappa shape index (κ1) is 21.0. The van der Waals surface area contributed by atoms with Crippen molar-refractivity contribution in [1.82, 2.24) is 0 Å². The van der Waals surface area contributed by atoms with Crippen molar-refractivity contribution >= 4 is 34.8 Å². The monoisotopic (exact) mass is 462 g/mol. The number of fused-ring (bicyclic) bond motifs is 1. The molecule has 4 aliphatic carbocycles. The van der Waals surface area contributed by atoms with E-state index in [0.29, 0.717) is 30.8 Å². The second-order valence-corrected chi connectivity index (χ2v) is 10.7. The average molecular weight is 463 g/mol. The van der Waals surface area contributed by atoms with Gasteiger partial charge in [-0.2, -0.15) is 0 Å². The van der Waals surface area contributed by atoms with Crippen LogP contribution in [0.5, 0.6) is 11.5 Å². The molecule has 0 saturated carbocycles. The van der Waals surface area contributed by atoms with E-state index in [0.717, 1.165) is 11.1 Å². The van der Waals surface area contributed by atoms with Crippen LogP contribution in [-0.2, 0) is 11.2 Å². The number of ether oxygens (including phenoxy) is 2. The zero-order valence-corrected chi connectivity index (χ0v) is 19.2. The Morgan fingerprint density at radius 3 is 2.68 bits per heavy atom. The van der Waals surface area contributed by atoms with Crippen LogP contribution in [0.4, 0.5) is 0 Å². The van der Waals surface area contributed by atoms with Crippen LogP contribution < -0.4 is 4.74 Å². The standard InChI is InChI=1S/C24H24Cl2O5/c1-12-4-5-13-8-14-16(30-11-13)9-15-18(19(14)27)21(29)23(26)10-17(25)22(2,3)31-24(23,7-6-12)20(15)28/h5-6,9,17,27H,4,7-8,10-11H2,1-3H3/b12-6+,13-5+/t17-,23+,24+/m1/s1. The Balaban J connectivity index is 1.86. The molecule has 7 heteroatoms. The summed E-state index contributed by atoms with van der Waals surface area (Å²) in [6.45, 7) is 5.96. The number of aromatic hydroxyl groups is 1. The highest BCUT2D eigenvalue weighted by atomic mass is 35.5. The Labute approximate surface area is 191 Å². The maximum absolute atomic E-state index is 14.1. The normalized spacial score (nSPS) is 37.0. The first-order valence-corrected chi connectivity index (χ1v) is 11.3. The lowest BCUT2D eigenvalue weighted by Gasteiger charge is -2.56. The number of allylic oxidation sites excluding steroid dienone is 2. The minimum absolute atomic E-state index is 0.0497. The van der Waals surface area contributed by atoms with Crippen molar-refractivity contribution < 1.29 is 24.2 Å². The SMILES string of the molecule is C/C1=C\C[C@@]23OC(C)(C)[C@H](Cl)C[C@]2(Cl)C(=O)c2c(cc4c(c2O)C/C(=C\C1)CO4)C3=O. The molecule has 1 aromatic carbocycles. The van der Waals surface area contributed by atoms with E-state index in [1.54, 1.807) is 19.9 Å². The summed E-state index contributed by atoms with van der Waals surface area (Å²) in [6.07, 6.45) is 5.30. The second kappa shape index (κ2) is 6.60. The van der Waals surface area contributed by atoms with Crippen LogP contribution in [0.25, 0.3) is 0 Å². The van der Waals surface area contributed by atoms with Crippen molar-refractivity contribution in [2.45, 2.75) is 67.9 Å². The first-order chi connectivity index (χ1) is 14.5. The number of hydrogen-bond donors (Lipinski definition) is 1. The largest absolute Gasteiger partial charge is 0.507 e. The molecule has 6 bridgehead atoms. The summed E-state index contributed by atoms with van der Waals surface area (Å²) in [7, 11) is 0. The Hall–Kier alpha value is -1.82. The second-order valence-electron chi connectivity index (χ2n) is 9.57. The van der Waals surface area contributed by atoms with E-state index in [1.165, 1.54) is 0 Å². The molecule has 164 valence electrons. The summed E-state index contributed by atoms with van der Waals surface area (Å²) in [5.41, 5.74) is 0.0763. The summed E-state index contributed by atoms with van der Waals surface area (Å²) in [5.74, 6) is -0.755. The predicted molar refractivity (Wildman–Crippen MR) is 118 cm³/mol. The van der Waals surface area contributed by atoms with E-state index < -0.39 is 33.0 Å². The lowest BCUT2D eigenvalue weighted by molar-refractivity contribution is -0.157. The third kappa shape index (κ3) is 2.73. The van der Waals surface area contributed by atoms with Gasteiger partial charge in [-0.1, -0.05) is 17.7 Å². The van der Waals surface area contributed by atoms with Gasteiger partial charge in [0, 0.05) is 24.0 Å². The molecule has 0 amide bonds. The molecule has 3 aliphatic heterocycles. The molecule has 1 fully saturated rings. The Morgan fingerprint density at radius 2 is 1.94 bits per heavy atom. The summed E-state index contributed by atoms with van der Waals surface area (Å²) in [4.78, 5) is 26.2. The number of carbonyl (C=O) groups excluding carboxylic acids is 2. The third-order valence-electron chi connectivity index (χ3n) is 7.12. The summed E-state index contributed by atoms with van der Waals surface area (Å²) in [5, 5.41) is 10.5. The van der Waals surface area contributed by atoms with Gasteiger partial charge in [-0.15, -0.1) is 23.2 Å². The summed E-state index contributed by atoms with van der Waals surface area (Å²) in [6, 6.07) is 1.57. The van der Waals surface area contributed by atoms with Crippen LogP contribution in [0.2, 0.25) is 0 Å². The van der Waals surface area contributed by atoms with E-state index in [1.807, 2.05) is 13.0 Å². The summed E-state index contributed by atoms with van der Waals surface area (Å²) >= 11 is 13.6. The van der Waals surface area contributed by atoms with Gasteiger partial charge in [0.2, 0.25) is 0 Å². The van der Waals surface area contributed by atoms with Gasteiger partial charge in [-0.3, -0.25) is 9.59 Å². The van der Waals surface area contributed by atoms with Crippen molar-refractivity contribution in [3.8, 4) is 11.5 Å². The fourth-order valence-electron chi connectivity index (χ4n) is 5.15. The molecule has 0 unspecified atom stereocenters. The lowest BCUT2D eigenvalue weighted by Crippen LogP contribution is -2.72. The number of alkyl halides is 2. The predicted octanol–water partition coefficient (Wildman–Crippen LogP) is 4.90. The van der Waals surface area contributed by atoms with Gasteiger partial charge in [0.05, 0.1) is 16.5 Å². The third-order valence-corrected chi connectivity index (χ3v) is 8.43. The van der Waals surface area contributed by atoms with Crippen LogP contribution >= 0.6 is 23.2 Å². The molecule has 0 aromatic heterocycles. The molecule has 5 nitrogen and oxygen atoms in total. The van der Waals surface area contributed by atoms with E-state index >= 15 is 0 Å². The highest BCUT2D eigenvalue weighted by molar-refractivity contribution is 6.45. The smallest absolute Gasteiger partial charge is 0.198 e. The molecule has 7 aliphatic rings. The maximum Gasteiger partial charge on any atom is 0.198 e. The van der Waals surface area contributed by atoms with Gasteiger partial charge < -0.3 is 14.6 Å². The van der Waals surface area contributed by atoms with Crippen LogP contribution in [0.1, 0.15) is 66.3 Å². The Kier molecular flexibility index (Phi) is 4.48. The molecule has 3 heterocycles. The molecule has 3 atom stereocenters. The molecule has 0 radical (unpaired) electrons. The van der Waals surface area contributed by atoms with Gasteiger partial charge >= 0.3 is 0 Å². The van der Waals surface area contributed by atoms with E-state index in [2.05, 4.69) is 6.08 Å². The minimum Gasteiger partial charge on any atom is -0.507 e. The molecule has 31 heavy (non-hydrogen) atoms. The number of carbonyl (C=O) groups is 2. The minimum atomic E-state index is -1.72. The molecule has 1 saturated heterocycles. The molecule has 1 aromatic rings.